The summed E-state index contributed by atoms with van der Waals surface area (Å²) in [5, 5.41) is 23.4. The van der Waals surface area contributed by atoms with Crippen molar-refractivity contribution in [2.45, 2.75) is 50.7 Å². The van der Waals surface area contributed by atoms with Crippen LogP contribution in [0.25, 0.3) is 6.08 Å². The first-order valence-electron chi connectivity index (χ1n) is 9.53. The molecule has 0 saturated heterocycles. The highest BCUT2D eigenvalue weighted by Gasteiger charge is 2.35. The van der Waals surface area contributed by atoms with Crippen LogP contribution in [-0.2, 0) is 14.3 Å². The van der Waals surface area contributed by atoms with E-state index in [1.807, 2.05) is 0 Å². The number of hydrogen-bond donors (Lipinski definition) is 1. The zero-order valence-electron chi connectivity index (χ0n) is 16.4. The molecule has 1 aliphatic carbocycles. The largest absolute Gasteiger partial charge is 0.454 e. The molecule has 30 heavy (non-hydrogen) atoms. The van der Waals surface area contributed by atoms with Gasteiger partial charge in [0.25, 0.3) is 11.6 Å². The minimum Gasteiger partial charge on any atom is -0.454 e. The lowest BCUT2D eigenvalue weighted by atomic mass is 9.83. The molecule has 0 spiro atoms. The van der Waals surface area contributed by atoms with Gasteiger partial charge in [-0.2, -0.15) is 5.26 Å². The summed E-state index contributed by atoms with van der Waals surface area (Å²) in [5.74, 6) is -0.829. The second-order valence-corrected chi connectivity index (χ2v) is 7.18. The van der Waals surface area contributed by atoms with Gasteiger partial charge in [0.2, 0.25) is 6.79 Å². The molecular formula is C20H21N3O7. The highest BCUT2D eigenvalue weighted by Crippen LogP contribution is 2.38. The van der Waals surface area contributed by atoms with Crippen molar-refractivity contribution < 1.29 is 28.7 Å². The molecule has 0 aromatic heterocycles. The molecule has 10 heteroatoms. The van der Waals surface area contributed by atoms with E-state index in [9.17, 15) is 25.0 Å². The van der Waals surface area contributed by atoms with E-state index in [1.54, 1.807) is 0 Å². The molecule has 3 rings (SSSR count). The molecule has 1 fully saturated rings. The number of fused-ring (bicyclic) bond motifs is 1. The Morgan fingerprint density at radius 1 is 1.30 bits per heavy atom. The molecule has 1 saturated carbocycles. The van der Waals surface area contributed by atoms with E-state index in [1.165, 1.54) is 25.1 Å². The number of esters is 1. The third kappa shape index (κ3) is 4.68. The number of hydrogen-bond acceptors (Lipinski definition) is 8. The van der Waals surface area contributed by atoms with Crippen LogP contribution in [0.5, 0.6) is 11.5 Å². The topological polar surface area (TPSA) is 141 Å². The van der Waals surface area contributed by atoms with Gasteiger partial charge in [0.1, 0.15) is 5.54 Å². The number of nitro benzene ring substituents is 1. The Hall–Kier alpha value is -3.61. The van der Waals surface area contributed by atoms with Gasteiger partial charge in [-0.25, -0.2) is 4.79 Å². The van der Waals surface area contributed by atoms with Crippen molar-refractivity contribution in [1.82, 2.24) is 5.32 Å². The van der Waals surface area contributed by atoms with Gasteiger partial charge in [-0.1, -0.05) is 19.3 Å². The van der Waals surface area contributed by atoms with Crippen molar-refractivity contribution in [2.75, 3.05) is 6.79 Å². The monoisotopic (exact) mass is 415 g/mol. The third-order valence-corrected chi connectivity index (χ3v) is 5.06. The Morgan fingerprint density at radius 3 is 2.60 bits per heavy atom. The maximum Gasteiger partial charge on any atom is 0.331 e. The molecule has 0 bridgehead atoms. The zero-order valence-corrected chi connectivity index (χ0v) is 16.4. The Labute approximate surface area is 172 Å². The molecule has 1 aromatic rings. The molecular weight excluding hydrogens is 394 g/mol. The number of nitro groups is 1. The minimum atomic E-state index is -1.12. The van der Waals surface area contributed by atoms with E-state index in [0.717, 1.165) is 25.3 Å². The van der Waals surface area contributed by atoms with Crippen LogP contribution in [-0.4, -0.2) is 35.2 Å². The standard InChI is InChI=1S/C20H21N3O7/c1-13(19(25)22-20(11-21)7-3-2-4-8-20)30-18(24)6-5-14-9-16-17(29-12-28-16)10-15(14)23(26)27/h5-6,9-10,13H,2-4,7-8,12H2,1H3,(H,22,25)/b6-5+/t13-/m1/s1. The van der Waals surface area contributed by atoms with Gasteiger partial charge in [0, 0.05) is 6.08 Å². The number of carbonyl (C=O) groups is 2. The van der Waals surface area contributed by atoms with Crippen molar-refractivity contribution in [3.63, 3.8) is 0 Å². The fourth-order valence-electron chi connectivity index (χ4n) is 3.42. The Bertz CT molecular complexity index is 929. The van der Waals surface area contributed by atoms with E-state index in [0.29, 0.717) is 18.6 Å². The molecule has 1 N–H and O–H groups in total. The number of ether oxygens (including phenoxy) is 3. The van der Waals surface area contributed by atoms with Gasteiger partial charge in [0.05, 0.1) is 22.6 Å². The summed E-state index contributed by atoms with van der Waals surface area (Å²) in [6.07, 6.45) is 4.91. The normalized spacial score (nSPS) is 17.7. The summed E-state index contributed by atoms with van der Waals surface area (Å²) in [4.78, 5) is 35.1. The summed E-state index contributed by atoms with van der Waals surface area (Å²) in [6.45, 7) is 1.36. The van der Waals surface area contributed by atoms with Gasteiger partial charge in [-0.05, 0) is 31.9 Å². The third-order valence-electron chi connectivity index (χ3n) is 5.06. The van der Waals surface area contributed by atoms with Crippen LogP contribution in [0.1, 0.15) is 44.6 Å². The van der Waals surface area contributed by atoms with Crippen LogP contribution in [0, 0.1) is 21.4 Å². The zero-order chi connectivity index (χ0) is 21.7. The molecule has 10 nitrogen and oxygen atoms in total. The van der Waals surface area contributed by atoms with Crippen molar-refractivity contribution >= 4 is 23.6 Å². The number of carbonyl (C=O) groups excluding carboxylic acids is 2. The second-order valence-electron chi connectivity index (χ2n) is 7.18. The molecule has 158 valence electrons. The molecule has 2 aliphatic rings. The predicted octanol–water partition coefficient (Wildman–Crippen LogP) is 2.61. The van der Waals surface area contributed by atoms with Crippen LogP contribution in [0.3, 0.4) is 0 Å². The summed E-state index contributed by atoms with van der Waals surface area (Å²) < 4.78 is 15.4. The lowest BCUT2D eigenvalue weighted by Gasteiger charge is -2.32. The van der Waals surface area contributed by atoms with Gasteiger partial charge in [-0.15, -0.1) is 0 Å². The summed E-state index contributed by atoms with van der Waals surface area (Å²) >= 11 is 0. The maximum absolute atomic E-state index is 12.4. The SMILES string of the molecule is C[C@@H](OC(=O)/C=C/c1cc2c(cc1[N+](=O)[O-])OCO2)C(=O)NC1(C#N)CCCCC1. The summed E-state index contributed by atoms with van der Waals surface area (Å²) in [6, 6.07) is 4.77. The Morgan fingerprint density at radius 2 is 1.97 bits per heavy atom. The first-order chi connectivity index (χ1) is 14.3. The van der Waals surface area contributed by atoms with Gasteiger partial charge < -0.3 is 19.5 Å². The van der Waals surface area contributed by atoms with Crippen molar-refractivity contribution in [3.05, 3.63) is 33.9 Å². The van der Waals surface area contributed by atoms with Crippen LogP contribution >= 0.6 is 0 Å². The average molecular weight is 415 g/mol. The first kappa shape index (κ1) is 21.1. The van der Waals surface area contributed by atoms with Gasteiger partial charge in [-0.3, -0.25) is 14.9 Å². The summed E-state index contributed by atoms with van der Waals surface area (Å²) in [5.41, 5.74) is -1.06. The van der Waals surface area contributed by atoms with E-state index in [-0.39, 0.29) is 23.8 Å². The van der Waals surface area contributed by atoms with Crippen molar-refractivity contribution in [1.29, 1.82) is 5.26 Å². The minimum absolute atomic E-state index is 0.0431. The van der Waals surface area contributed by atoms with E-state index in [2.05, 4.69) is 11.4 Å². The average Bonchev–Trinajstić information content (AvgIpc) is 3.19. The van der Waals surface area contributed by atoms with Crippen molar-refractivity contribution in [2.24, 2.45) is 0 Å². The van der Waals surface area contributed by atoms with Crippen LogP contribution in [0.4, 0.5) is 5.69 Å². The summed E-state index contributed by atoms with van der Waals surface area (Å²) in [7, 11) is 0. The van der Waals surface area contributed by atoms with Crippen LogP contribution < -0.4 is 14.8 Å². The van der Waals surface area contributed by atoms with Gasteiger partial charge >= 0.3 is 5.97 Å². The fraction of sp³-hybridized carbons (Fsp3) is 0.450. The lowest BCUT2D eigenvalue weighted by molar-refractivity contribution is -0.385. The molecule has 1 atom stereocenters. The second kappa shape index (κ2) is 8.82. The lowest BCUT2D eigenvalue weighted by Crippen LogP contribution is -2.52. The highest BCUT2D eigenvalue weighted by molar-refractivity contribution is 5.91. The molecule has 0 unspecified atom stereocenters. The quantitative estimate of drug-likeness (QED) is 0.323. The Kier molecular flexibility index (Phi) is 6.20. The van der Waals surface area contributed by atoms with Crippen molar-refractivity contribution in [3.8, 4) is 17.6 Å². The van der Waals surface area contributed by atoms with E-state index < -0.39 is 28.4 Å². The highest BCUT2D eigenvalue weighted by atomic mass is 16.7. The predicted molar refractivity (Wildman–Crippen MR) is 103 cm³/mol. The van der Waals surface area contributed by atoms with Crippen LogP contribution in [0.2, 0.25) is 0 Å². The number of nitrogens with zero attached hydrogens (tertiary/aromatic N) is 2. The first-order valence-corrected chi connectivity index (χ1v) is 9.53. The number of benzene rings is 1. The van der Waals surface area contributed by atoms with Gasteiger partial charge in [0.15, 0.2) is 17.6 Å². The molecule has 1 aromatic carbocycles. The molecule has 1 heterocycles. The molecule has 0 radical (unpaired) electrons. The van der Waals surface area contributed by atoms with Crippen LogP contribution in [0.15, 0.2) is 18.2 Å². The van der Waals surface area contributed by atoms with E-state index >= 15 is 0 Å². The molecule has 1 amide bonds. The van der Waals surface area contributed by atoms with E-state index in [4.69, 9.17) is 14.2 Å². The number of amides is 1. The molecule has 1 aliphatic heterocycles. The maximum atomic E-state index is 12.4. The Balaban J connectivity index is 1.64. The number of rotatable bonds is 6. The fourth-order valence-corrected chi connectivity index (χ4v) is 3.42. The number of nitrogens with one attached hydrogen (secondary N) is 1. The smallest absolute Gasteiger partial charge is 0.331 e. The number of nitriles is 1.